The van der Waals surface area contributed by atoms with Crippen LogP contribution in [0.3, 0.4) is 0 Å². The molecular formula is C15H22F2N2O3. The number of aliphatic hydroxyl groups is 1. The number of carbonyl (C=O) groups is 1. The fraction of sp³-hybridized carbons (Fsp3) is 0.533. The van der Waals surface area contributed by atoms with Crippen LogP contribution in [0.1, 0.15) is 38.4 Å². The maximum atomic E-state index is 12.1. The van der Waals surface area contributed by atoms with Gasteiger partial charge in [-0.05, 0) is 30.5 Å². The monoisotopic (exact) mass is 316 g/mol. The van der Waals surface area contributed by atoms with Crippen molar-refractivity contribution in [2.75, 3.05) is 6.54 Å². The first kappa shape index (κ1) is 18.2. The first-order valence-electron chi connectivity index (χ1n) is 7.23. The van der Waals surface area contributed by atoms with Gasteiger partial charge in [0.15, 0.2) is 0 Å². The molecule has 0 saturated carbocycles. The Hall–Kier alpha value is -1.89. The maximum Gasteiger partial charge on any atom is 0.387 e. The number of ether oxygens (including phenoxy) is 1. The molecule has 7 heteroatoms. The molecule has 0 spiro atoms. The van der Waals surface area contributed by atoms with Crippen molar-refractivity contribution in [1.29, 1.82) is 0 Å². The lowest BCUT2D eigenvalue weighted by molar-refractivity contribution is -0.0499. The number of rotatable bonds is 8. The number of urea groups is 1. The first-order valence-corrected chi connectivity index (χ1v) is 7.23. The number of amides is 2. The number of carbonyl (C=O) groups excluding carboxylic acids is 1. The van der Waals surface area contributed by atoms with Crippen LogP contribution in [0, 0.1) is 0 Å². The van der Waals surface area contributed by atoms with Crippen molar-refractivity contribution < 1.29 is 23.4 Å². The smallest absolute Gasteiger partial charge is 0.387 e. The molecular weight excluding hydrogens is 294 g/mol. The van der Waals surface area contributed by atoms with Crippen LogP contribution >= 0.6 is 0 Å². The number of alkyl halides is 2. The molecule has 0 aliphatic heterocycles. The Balaban J connectivity index is 2.51. The van der Waals surface area contributed by atoms with Crippen molar-refractivity contribution in [1.82, 2.24) is 10.6 Å². The van der Waals surface area contributed by atoms with Gasteiger partial charge >= 0.3 is 12.6 Å². The Kier molecular flexibility index (Phi) is 7.59. The molecule has 124 valence electrons. The lowest BCUT2D eigenvalue weighted by Crippen LogP contribution is -2.42. The van der Waals surface area contributed by atoms with Gasteiger partial charge in [-0.3, -0.25) is 0 Å². The van der Waals surface area contributed by atoms with E-state index in [9.17, 15) is 18.7 Å². The van der Waals surface area contributed by atoms with Crippen molar-refractivity contribution in [3.63, 3.8) is 0 Å². The summed E-state index contributed by atoms with van der Waals surface area (Å²) in [6, 6.07) is 5.48. The van der Waals surface area contributed by atoms with E-state index in [4.69, 9.17) is 0 Å². The van der Waals surface area contributed by atoms with Gasteiger partial charge in [0.2, 0.25) is 0 Å². The fourth-order valence-corrected chi connectivity index (χ4v) is 1.93. The van der Waals surface area contributed by atoms with E-state index >= 15 is 0 Å². The van der Waals surface area contributed by atoms with E-state index in [2.05, 4.69) is 15.4 Å². The van der Waals surface area contributed by atoms with Gasteiger partial charge in [-0.1, -0.05) is 26.0 Å². The van der Waals surface area contributed by atoms with Crippen LogP contribution in [0.15, 0.2) is 24.3 Å². The molecule has 5 nitrogen and oxygen atoms in total. The zero-order chi connectivity index (χ0) is 16.5. The summed E-state index contributed by atoms with van der Waals surface area (Å²) >= 11 is 0. The zero-order valence-electron chi connectivity index (χ0n) is 12.7. The summed E-state index contributed by atoms with van der Waals surface area (Å²) < 4.78 is 28.6. The number of hydrogen-bond donors (Lipinski definition) is 3. The predicted octanol–water partition coefficient (Wildman–Crippen LogP) is 2.81. The van der Waals surface area contributed by atoms with Crippen LogP contribution in [0.25, 0.3) is 0 Å². The van der Waals surface area contributed by atoms with Gasteiger partial charge in [0.25, 0.3) is 0 Å². The molecule has 0 bridgehead atoms. The number of benzene rings is 1. The molecule has 3 N–H and O–H groups in total. The third-order valence-corrected chi connectivity index (χ3v) is 3.24. The molecule has 0 fully saturated rings. The van der Waals surface area contributed by atoms with Crippen LogP contribution in [-0.2, 0) is 0 Å². The second kappa shape index (κ2) is 9.19. The van der Waals surface area contributed by atoms with Crippen molar-refractivity contribution in [3.05, 3.63) is 29.8 Å². The van der Waals surface area contributed by atoms with Crippen LogP contribution in [0.4, 0.5) is 13.6 Å². The van der Waals surface area contributed by atoms with Crippen molar-refractivity contribution >= 4 is 6.03 Å². The lowest BCUT2D eigenvalue weighted by Gasteiger charge is -2.17. The molecule has 0 aliphatic rings. The van der Waals surface area contributed by atoms with E-state index in [1.54, 1.807) is 6.07 Å². The molecule has 1 rings (SSSR count). The first-order chi connectivity index (χ1) is 10.5. The van der Waals surface area contributed by atoms with E-state index in [1.165, 1.54) is 18.2 Å². The molecule has 0 saturated heterocycles. The summed E-state index contributed by atoms with van der Waals surface area (Å²) in [5.74, 6) is -0.0342. The average Bonchev–Trinajstić information content (AvgIpc) is 2.49. The summed E-state index contributed by atoms with van der Waals surface area (Å²) in [5, 5.41) is 15.3. The highest BCUT2D eigenvalue weighted by atomic mass is 19.3. The van der Waals surface area contributed by atoms with Gasteiger partial charge in [-0.25, -0.2) is 4.79 Å². The summed E-state index contributed by atoms with van der Waals surface area (Å²) in [7, 11) is 0. The largest absolute Gasteiger partial charge is 0.435 e. The van der Waals surface area contributed by atoms with Crippen LogP contribution in [0.2, 0.25) is 0 Å². The summed E-state index contributed by atoms with van der Waals surface area (Å²) in [5.41, 5.74) is 0.390. The Morgan fingerprint density at radius 1 is 1.32 bits per heavy atom. The standard InChI is InChI=1S/C15H22F2N2O3/c1-3-11(4-2)19-15(21)18-9-13(20)10-6-5-7-12(8-10)22-14(16)17/h5-8,11,13-14,20H,3-4,9H2,1-2H3,(H2,18,19,21). The SMILES string of the molecule is CCC(CC)NC(=O)NCC(O)c1cccc(OC(F)F)c1. The zero-order valence-corrected chi connectivity index (χ0v) is 12.7. The summed E-state index contributed by atoms with van der Waals surface area (Å²) in [4.78, 5) is 11.7. The molecule has 1 aromatic rings. The molecule has 1 atom stereocenters. The van der Waals surface area contributed by atoms with E-state index in [-0.39, 0.29) is 24.4 Å². The average molecular weight is 316 g/mol. The quantitative estimate of drug-likeness (QED) is 0.690. The highest BCUT2D eigenvalue weighted by molar-refractivity contribution is 5.74. The number of nitrogens with one attached hydrogen (secondary N) is 2. The van der Waals surface area contributed by atoms with Crippen molar-refractivity contribution in [3.8, 4) is 5.75 Å². The molecule has 0 heterocycles. The van der Waals surface area contributed by atoms with Crippen molar-refractivity contribution in [2.45, 2.75) is 45.4 Å². The highest BCUT2D eigenvalue weighted by Crippen LogP contribution is 2.20. The molecule has 2 amide bonds. The van der Waals surface area contributed by atoms with E-state index in [1.807, 2.05) is 13.8 Å². The molecule has 1 unspecified atom stereocenters. The van der Waals surface area contributed by atoms with Crippen LogP contribution < -0.4 is 15.4 Å². The minimum atomic E-state index is -2.92. The predicted molar refractivity (Wildman–Crippen MR) is 78.9 cm³/mol. The van der Waals surface area contributed by atoms with E-state index < -0.39 is 12.7 Å². The lowest BCUT2D eigenvalue weighted by atomic mass is 10.1. The highest BCUT2D eigenvalue weighted by Gasteiger charge is 2.13. The Labute approximate surface area is 128 Å². The second-order valence-corrected chi connectivity index (χ2v) is 4.83. The van der Waals surface area contributed by atoms with Gasteiger partial charge in [-0.15, -0.1) is 0 Å². The minimum absolute atomic E-state index is 0.0237. The maximum absolute atomic E-state index is 12.1. The number of aliphatic hydroxyl groups excluding tert-OH is 1. The molecule has 0 aromatic heterocycles. The second-order valence-electron chi connectivity index (χ2n) is 4.83. The van der Waals surface area contributed by atoms with E-state index in [0.29, 0.717) is 5.56 Å². The molecule has 22 heavy (non-hydrogen) atoms. The topological polar surface area (TPSA) is 70.6 Å². The van der Waals surface area contributed by atoms with Gasteiger partial charge in [0, 0.05) is 12.6 Å². The third-order valence-electron chi connectivity index (χ3n) is 3.24. The van der Waals surface area contributed by atoms with Gasteiger partial charge in [0.05, 0.1) is 6.10 Å². The van der Waals surface area contributed by atoms with E-state index in [0.717, 1.165) is 12.8 Å². The Morgan fingerprint density at radius 2 is 2.00 bits per heavy atom. The number of hydrogen-bond acceptors (Lipinski definition) is 3. The van der Waals surface area contributed by atoms with Crippen molar-refractivity contribution in [2.24, 2.45) is 0 Å². The van der Waals surface area contributed by atoms with Gasteiger partial charge in [0.1, 0.15) is 5.75 Å². The normalized spacial score (nSPS) is 12.3. The molecule has 0 aliphatic carbocycles. The fourth-order valence-electron chi connectivity index (χ4n) is 1.93. The van der Waals surface area contributed by atoms with Crippen LogP contribution in [-0.4, -0.2) is 30.3 Å². The number of halogens is 2. The molecule has 0 radical (unpaired) electrons. The van der Waals surface area contributed by atoms with Gasteiger partial charge in [-0.2, -0.15) is 8.78 Å². The summed E-state index contributed by atoms with van der Waals surface area (Å²) in [6.45, 7) is 0.996. The minimum Gasteiger partial charge on any atom is -0.435 e. The Morgan fingerprint density at radius 3 is 2.59 bits per heavy atom. The third kappa shape index (κ3) is 6.26. The van der Waals surface area contributed by atoms with Crippen LogP contribution in [0.5, 0.6) is 5.75 Å². The summed E-state index contributed by atoms with van der Waals surface area (Å²) in [6.07, 6.45) is 0.632. The van der Waals surface area contributed by atoms with Gasteiger partial charge < -0.3 is 20.5 Å². The Bertz CT molecular complexity index is 468. The molecule has 1 aromatic carbocycles.